The van der Waals surface area contributed by atoms with Gasteiger partial charge in [-0.1, -0.05) is 19.9 Å². The Morgan fingerprint density at radius 3 is 1.93 bits per heavy atom. The zero-order valence-electron chi connectivity index (χ0n) is 16.3. The van der Waals surface area contributed by atoms with Crippen molar-refractivity contribution in [3.05, 3.63) is 71.0 Å². The fourth-order valence-corrected chi connectivity index (χ4v) is 3.36. The number of nitro groups is 1. The third-order valence-electron chi connectivity index (χ3n) is 4.70. The molecule has 2 N–H and O–H groups in total. The van der Waals surface area contributed by atoms with Crippen molar-refractivity contribution in [3.8, 4) is 0 Å². The third-order valence-corrected chi connectivity index (χ3v) is 4.70. The van der Waals surface area contributed by atoms with Gasteiger partial charge in [-0.2, -0.15) is 0 Å². The summed E-state index contributed by atoms with van der Waals surface area (Å²) in [5.74, 6) is 0. The molecule has 0 saturated carbocycles. The van der Waals surface area contributed by atoms with Gasteiger partial charge in [-0.05, 0) is 48.6 Å². The summed E-state index contributed by atoms with van der Waals surface area (Å²) in [6, 6.07) is 15.1. The first-order valence-electron chi connectivity index (χ1n) is 9.61. The van der Waals surface area contributed by atoms with E-state index < -0.39 is 0 Å². The number of aromatic nitrogens is 2. The average molecular weight is 378 g/mol. The highest BCUT2D eigenvalue weighted by atomic mass is 16.6. The minimum absolute atomic E-state index is 0.151. The van der Waals surface area contributed by atoms with Gasteiger partial charge < -0.3 is 14.9 Å². The second kappa shape index (κ2) is 8.61. The third kappa shape index (κ3) is 4.17. The number of nitrogen functional groups attached to an aromatic ring is 1. The predicted octanol–water partition coefficient (Wildman–Crippen LogP) is 5.59. The SMILES string of the molecule is CCCn1ccc2ccc(N)cc21.CCCn1ccc2ccc([N+](=O)[O-])cc21. The van der Waals surface area contributed by atoms with E-state index >= 15 is 0 Å². The molecule has 0 saturated heterocycles. The zero-order valence-corrected chi connectivity index (χ0v) is 16.3. The van der Waals surface area contributed by atoms with Crippen LogP contribution in [0.25, 0.3) is 21.8 Å². The van der Waals surface area contributed by atoms with Gasteiger partial charge in [0.05, 0.1) is 16.0 Å². The Labute approximate surface area is 164 Å². The number of hydrogen-bond donors (Lipinski definition) is 1. The van der Waals surface area contributed by atoms with Gasteiger partial charge in [0.25, 0.3) is 5.69 Å². The van der Waals surface area contributed by atoms with E-state index in [2.05, 4.69) is 36.7 Å². The second-order valence-electron chi connectivity index (χ2n) is 6.84. The van der Waals surface area contributed by atoms with Crippen molar-refractivity contribution < 1.29 is 4.92 Å². The molecule has 4 aromatic rings. The van der Waals surface area contributed by atoms with Gasteiger partial charge in [0.2, 0.25) is 0 Å². The Morgan fingerprint density at radius 1 is 0.857 bits per heavy atom. The molecule has 0 radical (unpaired) electrons. The van der Waals surface area contributed by atoms with Crippen molar-refractivity contribution in [2.75, 3.05) is 5.73 Å². The highest BCUT2D eigenvalue weighted by Gasteiger charge is 2.08. The van der Waals surface area contributed by atoms with Crippen molar-refractivity contribution in [1.29, 1.82) is 0 Å². The summed E-state index contributed by atoms with van der Waals surface area (Å²) >= 11 is 0. The summed E-state index contributed by atoms with van der Waals surface area (Å²) in [7, 11) is 0. The summed E-state index contributed by atoms with van der Waals surface area (Å²) < 4.78 is 4.29. The number of anilines is 1. The second-order valence-corrected chi connectivity index (χ2v) is 6.84. The van der Waals surface area contributed by atoms with Crippen molar-refractivity contribution in [2.45, 2.75) is 39.8 Å². The molecule has 2 aromatic heterocycles. The van der Waals surface area contributed by atoms with Crippen molar-refractivity contribution in [2.24, 2.45) is 0 Å². The van der Waals surface area contributed by atoms with Crippen LogP contribution in [0.3, 0.4) is 0 Å². The molecule has 0 atom stereocenters. The Morgan fingerprint density at radius 2 is 1.39 bits per heavy atom. The maximum absolute atomic E-state index is 10.6. The molecule has 146 valence electrons. The fourth-order valence-electron chi connectivity index (χ4n) is 3.36. The molecule has 2 heterocycles. The van der Waals surface area contributed by atoms with Gasteiger partial charge >= 0.3 is 0 Å². The standard InChI is InChI=1S/C11H12N2O2.C11H14N2/c1-2-6-12-7-5-9-3-4-10(13(14)15)8-11(9)12;1-2-6-13-7-5-9-3-4-10(12)8-11(9)13/h3-5,7-8H,2,6H2,1H3;3-5,7-8H,2,6,12H2,1H3. The smallest absolute Gasteiger partial charge is 0.271 e. The lowest BCUT2D eigenvalue weighted by atomic mass is 10.2. The monoisotopic (exact) mass is 378 g/mol. The Kier molecular flexibility index (Phi) is 5.99. The number of nitrogens with two attached hydrogens (primary N) is 1. The van der Waals surface area contributed by atoms with Crippen LogP contribution in [-0.4, -0.2) is 14.1 Å². The van der Waals surface area contributed by atoms with Crippen molar-refractivity contribution >= 4 is 33.2 Å². The summed E-state index contributed by atoms with van der Waals surface area (Å²) in [4.78, 5) is 10.3. The van der Waals surface area contributed by atoms with Crippen LogP contribution in [-0.2, 0) is 13.1 Å². The molecular weight excluding hydrogens is 352 g/mol. The summed E-state index contributed by atoms with van der Waals surface area (Å²) in [6.07, 6.45) is 6.26. The topological polar surface area (TPSA) is 79.0 Å². The van der Waals surface area contributed by atoms with Crippen LogP contribution in [0.15, 0.2) is 60.9 Å². The highest BCUT2D eigenvalue weighted by Crippen LogP contribution is 2.22. The highest BCUT2D eigenvalue weighted by molar-refractivity contribution is 5.83. The van der Waals surface area contributed by atoms with Crippen LogP contribution in [0.2, 0.25) is 0 Å². The van der Waals surface area contributed by atoms with Gasteiger partial charge in [-0.3, -0.25) is 10.1 Å². The van der Waals surface area contributed by atoms with Crippen LogP contribution in [0.1, 0.15) is 26.7 Å². The fraction of sp³-hybridized carbons (Fsp3) is 0.273. The minimum Gasteiger partial charge on any atom is -0.399 e. The normalized spacial score (nSPS) is 10.8. The Bertz CT molecular complexity index is 1090. The molecule has 0 aliphatic rings. The minimum atomic E-state index is -0.358. The van der Waals surface area contributed by atoms with Gasteiger partial charge in [0, 0.05) is 48.7 Å². The lowest BCUT2D eigenvalue weighted by Gasteiger charge is -2.02. The van der Waals surface area contributed by atoms with Gasteiger partial charge in [0.15, 0.2) is 0 Å². The van der Waals surface area contributed by atoms with Gasteiger partial charge in [-0.25, -0.2) is 0 Å². The number of aryl methyl sites for hydroxylation is 2. The van der Waals surface area contributed by atoms with Gasteiger partial charge in [-0.15, -0.1) is 0 Å². The number of rotatable bonds is 5. The van der Waals surface area contributed by atoms with E-state index in [4.69, 9.17) is 5.73 Å². The summed E-state index contributed by atoms with van der Waals surface area (Å²) in [6.45, 7) is 6.22. The first kappa shape index (κ1) is 19.5. The number of nitrogens with zero attached hydrogens (tertiary/aromatic N) is 3. The van der Waals surface area contributed by atoms with E-state index in [1.165, 1.54) is 10.9 Å². The Balaban J connectivity index is 0.000000162. The molecular formula is C22H26N4O2. The molecule has 2 aromatic carbocycles. The summed E-state index contributed by atoms with van der Waals surface area (Å²) in [5, 5.41) is 12.9. The molecule has 0 aliphatic carbocycles. The first-order valence-corrected chi connectivity index (χ1v) is 9.61. The quantitative estimate of drug-likeness (QED) is 0.279. The van der Waals surface area contributed by atoms with E-state index in [-0.39, 0.29) is 10.6 Å². The molecule has 0 spiro atoms. The molecule has 0 amide bonds. The van der Waals surface area contributed by atoms with Crippen LogP contribution >= 0.6 is 0 Å². The van der Waals surface area contributed by atoms with Crippen LogP contribution in [0.4, 0.5) is 11.4 Å². The van der Waals surface area contributed by atoms with Gasteiger partial charge in [0.1, 0.15) is 0 Å². The summed E-state index contributed by atoms with van der Waals surface area (Å²) in [5.41, 5.74) is 8.90. The number of nitro benzene ring substituents is 1. The van der Waals surface area contributed by atoms with E-state index in [1.54, 1.807) is 18.2 Å². The van der Waals surface area contributed by atoms with Crippen molar-refractivity contribution in [3.63, 3.8) is 0 Å². The number of hydrogen-bond acceptors (Lipinski definition) is 3. The lowest BCUT2D eigenvalue weighted by molar-refractivity contribution is -0.384. The first-order chi connectivity index (χ1) is 13.5. The molecule has 6 heteroatoms. The molecule has 4 rings (SSSR count). The number of fused-ring (bicyclic) bond motifs is 2. The van der Waals surface area contributed by atoms with Crippen LogP contribution < -0.4 is 5.73 Å². The molecule has 0 bridgehead atoms. The zero-order chi connectivity index (χ0) is 20.1. The van der Waals surface area contributed by atoms with E-state index in [9.17, 15) is 10.1 Å². The molecule has 6 nitrogen and oxygen atoms in total. The average Bonchev–Trinajstić information content (AvgIpc) is 3.27. The van der Waals surface area contributed by atoms with E-state index in [1.807, 2.05) is 29.0 Å². The van der Waals surface area contributed by atoms with Crippen molar-refractivity contribution in [1.82, 2.24) is 9.13 Å². The number of non-ortho nitro benzene ring substituents is 1. The lowest BCUT2D eigenvalue weighted by Crippen LogP contribution is -1.94. The number of benzene rings is 2. The molecule has 0 fully saturated rings. The Hall–Kier alpha value is -3.28. The largest absolute Gasteiger partial charge is 0.399 e. The van der Waals surface area contributed by atoms with Crippen LogP contribution in [0, 0.1) is 10.1 Å². The molecule has 0 unspecified atom stereocenters. The maximum Gasteiger partial charge on any atom is 0.271 e. The van der Waals surface area contributed by atoms with E-state index in [0.29, 0.717) is 0 Å². The maximum atomic E-state index is 10.6. The molecule has 28 heavy (non-hydrogen) atoms. The van der Waals surface area contributed by atoms with E-state index in [0.717, 1.165) is 42.5 Å². The van der Waals surface area contributed by atoms with Crippen LogP contribution in [0.5, 0.6) is 0 Å². The predicted molar refractivity (Wildman–Crippen MR) is 116 cm³/mol. The molecule has 0 aliphatic heterocycles.